The Balaban J connectivity index is 1.53. The number of nitrogens with one attached hydrogen (secondary N) is 1. The van der Waals surface area contributed by atoms with Crippen molar-refractivity contribution >= 4 is 45.0 Å². The SMILES string of the molecule is C=CS/C(=C\C)c1ccc2cnc(NC(=O)c3ccnc(N4CCN(C)CC4)c3)cc2c1. The van der Waals surface area contributed by atoms with Crippen LogP contribution in [-0.2, 0) is 0 Å². The fraction of sp³-hybridized carbons (Fsp3) is 0.240. The molecular formula is C25H27N5OS. The molecule has 1 N–H and O–H groups in total. The molecule has 1 aliphatic rings. The number of amides is 1. The van der Waals surface area contributed by atoms with E-state index in [1.54, 1.807) is 30.2 Å². The first-order valence-electron chi connectivity index (χ1n) is 10.6. The topological polar surface area (TPSA) is 61.4 Å². The predicted octanol–water partition coefficient (Wildman–Crippen LogP) is 4.87. The minimum atomic E-state index is -0.192. The van der Waals surface area contributed by atoms with Gasteiger partial charge in [0.15, 0.2) is 0 Å². The van der Waals surface area contributed by atoms with Gasteiger partial charge in [0.05, 0.1) is 0 Å². The maximum atomic E-state index is 12.9. The number of piperazine rings is 1. The van der Waals surface area contributed by atoms with Crippen LogP contribution >= 0.6 is 11.8 Å². The largest absolute Gasteiger partial charge is 0.354 e. The van der Waals surface area contributed by atoms with E-state index in [-0.39, 0.29) is 5.91 Å². The number of likely N-dealkylation sites (N-methyl/N-ethyl adjacent to an activating group) is 1. The number of hydrogen-bond acceptors (Lipinski definition) is 6. The molecule has 0 bridgehead atoms. The average Bonchev–Trinajstić information content (AvgIpc) is 2.82. The van der Waals surface area contributed by atoms with Gasteiger partial charge >= 0.3 is 0 Å². The van der Waals surface area contributed by atoms with E-state index in [0.29, 0.717) is 11.4 Å². The van der Waals surface area contributed by atoms with Crippen LogP contribution in [-0.4, -0.2) is 54.0 Å². The molecule has 0 aliphatic carbocycles. The summed E-state index contributed by atoms with van der Waals surface area (Å²) in [6.07, 6.45) is 5.55. The van der Waals surface area contributed by atoms with Crippen molar-refractivity contribution in [2.75, 3.05) is 43.4 Å². The predicted molar refractivity (Wildman–Crippen MR) is 135 cm³/mol. The molecule has 0 saturated carbocycles. The van der Waals surface area contributed by atoms with Crippen LogP contribution in [0.5, 0.6) is 0 Å². The van der Waals surface area contributed by atoms with Crippen molar-refractivity contribution in [3.05, 3.63) is 78.0 Å². The molecule has 32 heavy (non-hydrogen) atoms. The normalized spacial score (nSPS) is 15.1. The molecule has 1 amide bonds. The number of hydrogen-bond donors (Lipinski definition) is 1. The molecule has 1 fully saturated rings. The minimum absolute atomic E-state index is 0.192. The second-order valence-electron chi connectivity index (χ2n) is 7.72. The van der Waals surface area contributed by atoms with E-state index in [2.05, 4.69) is 56.9 Å². The molecular weight excluding hydrogens is 418 g/mol. The van der Waals surface area contributed by atoms with Crippen LogP contribution in [0.15, 0.2) is 66.9 Å². The highest BCUT2D eigenvalue weighted by atomic mass is 32.2. The first-order valence-corrected chi connectivity index (χ1v) is 11.5. The fourth-order valence-electron chi connectivity index (χ4n) is 3.71. The van der Waals surface area contributed by atoms with Gasteiger partial charge in [-0.2, -0.15) is 0 Å². The van der Waals surface area contributed by atoms with E-state index in [0.717, 1.165) is 53.2 Å². The number of aromatic nitrogens is 2. The highest BCUT2D eigenvalue weighted by Gasteiger charge is 2.17. The van der Waals surface area contributed by atoms with Gasteiger partial charge in [0.2, 0.25) is 0 Å². The smallest absolute Gasteiger partial charge is 0.257 e. The van der Waals surface area contributed by atoms with Gasteiger partial charge < -0.3 is 15.1 Å². The lowest BCUT2D eigenvalue weighted by Crippen LogP contribution is -2.44. The lowest BCUT2D eigenvalue weighted by Gasteiger charge is -2.33. The highest BCUT2D eigenvalue weighted by Crippen LogP contribution is 2.30. The number of benzene rings is 1. The molecule has 0 spiro atoms. The van der Waals surface area contributed by atoms with Gasteiger partial charge in [0.25, 0.3) is 5.91 Å². The Morgan fingerprint density at radius 2 is 1.88 bits per heavy atom. The van der Waals surface area contributed by atoms with E-state index < -0.39 is 0 Å². The number of carbonyl (C=O) groups is 1. The van der Waals surface area contributed by atoms with Crippen LogP contribution in [0.4, 0.5) is 11.6 Å². The molecule has 1 aromatic carbocycles. The molecule has 7 heteroatoms. The Morgan fingerprint density at radius 1 is 1.06 bits per heavy atom. The van der Waals surface area contributed by atoms with Gasteiger partial charge in [-0.25, -0.2) is 9.97 Å². The summed E-state index contributed by atoms with van der Waals surface area (Å²) < 4.78 is 0. The van der Waals surface area contributed by atoms with Crippen molar-refractivity contribution in [1.82, 2.24) is 14.9 Å². The summed E-state index contributed by atoms with van der Waals surface area (Å²) in [5, 5.41) is 6.80. The zero-order valence-corrected chi connectivity index (χ0v) is 19.2. The molecule has 2 aromatic heterocycles. The van der Waals surface area contributed by atoms with Gasteiger partial charge in [-0.1, -0.05) is 36.5 Å². The molecule has 164 valence electrons. The molecule has 3 aromatic rings. The van der Waals surface area contributed by atoms with Crippen molar-refractivity contribution in [3.63, 3.8) is 0 Å². The maximum absolute atomic E-state index is 12.9. The number of nitrogens with zero attached hydrogens (tertiary/aromatic N) is 4. The van der Waals surface area contributed by atoms with Gasteiger partial charge in [0.1, 0.15) is 11.6 Å². The van der Waals surface area contributed by atoms with Gasteiger partial charge in [-0.05, 0) is 54.6 Å². The Labute approximate surface area is 193 Å². The van der Waals surface area contributed by atoms with Gasteiger partial charge in [0, 0.05) is 54.4 Å². The summed E-state index contributed by atoms with van der Waals surface area (Å²) in [7, 11) is 2.12. The summed E-state index contributed by atoms with van der Waals surface area (Å²) in [6, 6.07) is 11.7. The zero-order valence-electron chi connectivity index (χ0n) is 18.4. The van der Waals surface area contributed by atoms with Crippen LogP contribution in [0.1, 0.15) is 22.8 Å². The van der Waals surface area contributed by atoms with Crippen LogP contribution in [0.2, 0.25) is 0 Å². The van der Waals surface area contributed by atoms with E-state index in [4.69, 9.17) is 0 Å². The van der Waals surface area contributed by atoms with E-state index in [1.165, 1.54) is 0 Å². The molecule has 4 rings (SSSR count). The van der Waals surface area contributed by atoms with Crippen LogP contribution in [0, 0.1) is 0 Å². The number of thioether (sulfide) groups is 1. The monoisotopic (exact) mass is 445 g/mol. The number of carbonyl (C=O) groups excluding carboxylic acids is 1. The lowest BCUT2D eigenvalue weighted by molar-refractivity contribution is 0.102. The number of pyridine rings is 2. The molecule has 0 atom stereocenters. The first-order chi connectivity index (χ1) is 15.6. The summed E-state index contributed by atoms with van der Waals surface area (Å²) in [6.45, 7) is 9.60. The fourth-order valence-corrected chi connectivity index (χ4v) is 4.29. The second kappa shape index (κ2) is 9.97. The molecule has 1 aliphatic heterocycles. The third-order valence-electron chi connectivity index (χ3n) is 5.56. The number of fused-ring (bicyclic) bond motifs is 1. The van der Waals surface area contributed by atoms with Crippen molar-refractivity contribution in [3.8, 4) is 0 Å². The molecule has 1 saturated heterocycles. The van der Waals surface area contributed by atoms with Crippen LogP contribution in [0.25, 0.3) is 15.7 Å². The number of rotatable bonds is 6. The maximum Gasteiger partial charge on any atom is 0.257 e. The summed E-state index contributed by atoms with van der Waals surface area (Å²) >= 11 is 1.59. The molecule has 6 nitrogen and oxygen atoms in total. The van der Waals surface area contributed by atoms with Crippen molar-refractivity contribution in [2.45, 2.75) is 6.92 Å². The Hall–Kier alpha value is -3.16. The first kappa shape index (κ1) is 22.0. The standard InChI is InChI=1S/C25H27N5OS/c1-4-22(32-5-2)18-6-7-20-17-27-23(15-21(20)14-18)28-25(31)19-8-9-26-24(16-19)30-12-10-29(3)11-13-30/h4-9,14-17H,2,10-13H2,1,3H3,(H,27,28,31)/b22-4-. The Bertz CT molecular complexity index is 1170. The average molecular weight is 446 g/mol. The number of allylic oxidation sites excluding steroid dienone is 1. The van der Waals surface area contributed by atoms with Gasteiger partial charge in [-0.15, -0.1) is 0 Å². The van der Waals surface area contributed by atoms with E-state index in [9.17, 15) is 4.79 Å². The van der Waals surface area contributed by atoms with E-state index in [1.807, 2.05) is 30.5 Å². The number of anilines is 2. The quantitative estimate of drug-likeness (QED) is 0.584. The Morgan fingerprint density at radius 3 is 2.62 bits per heavy atom. The Kier molecular flexibility index (Phi) is 6.87. The van der Waals surface area contributed by atoms with E-state index >= 15 is 0 Å². The molecule has 0 radical (unpaired) electrons. The third kappa shape index (κ3) is 5.00. The van der Waals surface area contributed by atoms with Crippen LogP contribution in [0.3, 0.4) is 0 Å². The summed E-state index contributed by atoms with van der Waals surface area (Å²) in [5.41, 5.74) is 1.68. The molecule has 3 heterocycles. The third-order valence-corrected chi connectivity index (χ3v) is 6.45. The lowest BCUT2D eigenvalue weighted by atomic mass is 10.1. The highest BCUT2D eigenvalue weighted by molar-refractivity contribution is 8.10. The summed E-state index contributed by atoms with van der Waals surface area (Å²) in [5.74, 6) is 1.17. The van der Waals surface area contributed by atoms with Crippen LogP contribution < -0.4 is 10.2 Å². The second-order valence-corrected chi connectivity index (χ2v) is 8.72. The van der Waals surface area contributed by atoms with Crippen molar-refractivity contribution in [2.24, 2.45) is 0 Å². The van der Waals surface area contributed by atoms with Crippen molar-refractivity contribution in [1.29, 1.82) is 0 Å². The summed E-state index contributed by atoms with van der Waals surface area (Å²) in [4.78, 5) is 27.4. The minimum Gasteiger partial charge on any atom is -0.354 e. The zero-order chi connectivity index (χ0) is 22.5. The molecule has 0 unspecified atom stereocenters. The van der Waals surface area contributed by atoms with Crippen molar-refractivity contribution < 1.29 is 4.79 Å². The van der Waals surface area contributed by atoms with Gasteiger partial charge in [-0.3, -0.25) is 4.79 Å².